The lowest BCUT2D eigenvalue weighted by atomic mass is 10.1. The van der Waals surface area contributed by atoms with E-state index in [1.165, 1.54) is 0 Å². The number of ether oxygens (including phenoxy) is 1. The zero-order valence-corrected chi connectivity index (χ0v) is 15.4. The molecule has 0 aliphatic heterocycles. The fraction of sp³-hybridized carbons (Fsp3) is 0.190. The lowest BCUT2D eigenvalue weighted by Gasteiger charge is -2.06. The van der Waals surface area contributed by atoms with E-state index in [1.54, 1.807) is 30.5 Å². The van der Waals surface area contributed by atoms with E-state index in [4.69, 9.17) is 4.74 Å². The molecule has 6 nitrogen and oxygen atoms in total. The van der Waals surface area contributed by atoms with Crippen molar-refractivity contribution in [1.29, 1.82) is 0 Å². The number of nitrogens with zero attached hydrogens (tertiary/aromatic N) is 1. The topological polar surface area (TPSA) is 79.8 Å². The summed E-state index contributed by atoms with van der Waals surface area (Å²) in [6, 6.07) is 16.5. The molecule has 0 bridgehead atoms. The SMILES string of the molecule is CCOc1ccc(C(=O)NCC(=O)N/N=C\C(C)=C/c2ccccc2)cc1. The number of carbonyl (C=O) groups excluding carboxylic acids is 2. The third-order valence-corrected chi connectivity index (χ3v) is 3.49. The second-order valence-corrected chi connectivity index (χ2v) is 5.73. The van der Waals surface area contributed by atoms with E-state index < -0.39 is 5.91 Å². The fourth-order valence-electron chi connectivity index (χ4n) is 2.23. The molecule has 6 heteroatoms. The van der Waals surface area contributed by atoms with Crippen LogP contribution in [-0.4, -0.2) is 31.2 Å². The molecule has 0 atom stereocenters. The summed E-state index contributed by atoms with van der Waals surface area (Å²) >= 11 is 0. The van der Waals surface area contributed by atoms with Gasteiger partial charge in [-0.2, -0.15) is 5.10 Å². The van der Waals surface area contributed by atoms with Crippen LogP contribution in [0.3, 0.4) is 0 Å². The molecule has 0 spiro atoms. The summed E-state index contributed by atoms with van der Waals surface area (Å²) in [7, 11) is 0. The second-order valence-electron chi connectivity index (χ2n) is 5.73. The molecule has 2 N–H and O–H groups in total. The first-order chi connectivity index (χ1) is 13.1. The van der Waals surface area contributed by atoms with E-state index in [1.807, 2.05) is 50.3 Å². The van der Waals surface area contributed by atoms with Crippen molar-refractivity contribution in [2.24, 2.45) is 5.10 Å². The van der Waals surface area contributed by atoms with Gasteiger partial charge in [-0.1, -0.05) is 36.4 Å². The number of hydrogen-bond acceptors (Lipinski definition) is 4. The van der Waals surface area contributed by atoms with Gasteiger partial charge in [-0.25, -0.2) is 5.43 Å². The molecule has 0 saturated carbocycles. The summed E-state index contributed by atoms with van der Waals surface area (Å²) in [6.07, 6.45) is 3.50. The Balaban J connectivity index is 1.76. The molecule has 0 heterocycles. The Morgan fingerprint density at radius 3 is 2.44 bits per heavy atom. The average Bonchev–Trinajstić information content (AvgIpc) is 2.68. The van der Waals surface area contributed by atoms with Gasteiger partial charge in [0, 0.05) is 5.56 Å². The maximum absolute atomic E-state index is 12.0. The van der Waals surface area contributed by atoms with E-state index in [9.17, 15) is 9.59 Å². The molecule has 2 amide bonds. The normalized spacial score (nSPS) is 11.3. The number of nitrogens with one attached hydrogen (secondary N) is 2. The third-order valence-electron chi connectivity index (χ3n) is 3.49. The third kappa shape index (κ3) is 7.15. The van der Waals surface area contributed by atoms with Gasteiger partial charge in [0.05, 0.1) is 19.4 Å². The standard InChI is InChI=1S/C21H23N3O3/c1-3-27-19-11-9-18(10-12-19)21(26)22-15-20(25)24-23-14-16(2)13-17-7-5-4-6-8-17/h4-14H,3,15H2,1-2H3,(H,22,26)(H,24,25)/b16-13-,23-14-. The van der Waals surface area contributed by atoms with Crippen molar-refractivity contribution in [3.05, 3.63) is 71.3 Å². The molecule has 2 rings (SSSR count). The van der Waals surface area contributed by atoms with Crippen molar-refractivity contribution < 1.29 is 14.3 Å². The summed E-state index contributed by atoms with van der Waals surface area (Å²) in [5, 5.41) is 6.44. The number of amides is 2. The van der Waals surface area contributed by atoms with Gasteiger partial charge in [0.15, 0.2) is 0 Å². The predicted octanol–water partition coefficient (Wildman–Crippen LogP) is 3.02. The maximum Gasteiger partial charge on any atom is 0.259 e. The summed E-state index contributed by atoms with van der Waals surface area (Å²) in [4.78, 5) is 23.8. The Bertz CT molecular complexity index is 812. The highest BCUT2D eigenvalue weighted by Crippen LogP contribution is 2.11. The number of allylic oxidation sites excluding steroid dienone is 1. The lowest BCUT2D eigenvalue weighted by molar-refractivity contribution is -0.120. The Kier molecular flexibility index (Phi) is 7.78. The van der Waals surface area contributed by atoms with Crippen LogP contribution in [0.2, 0.25) is 0 Å². The van der Waals surface area contributed by atoms with E-state index >= 15 is 0 Å². The van der Waals surface area contributed by atoms with Crippen LogP contribution < -0.4 is 15.5 Å². The molecule has 140 valence electrons. The minimum absolute atomic E-state index is 0.162. The molecule has 0 aliphatic rings. The number of carbonyl (C=O) groups is 2. The lowest BCUT2D eigenvalue weighted by Crippen LogP contribution is -2.34. The van der Waals surface area contributed by atoms with Gasteiger partial charge in [0.1, 0.15) is 5.75 Å². The van der Waals surface area contributed by atoms with Crippen LogP contribution in [0.5, 0.6) is 5.75 Å². The summed E-state index contributed by atoms with van der Waals surface area (Å²) in [6.45, 7) is 4.17. The number of hydrogen-bond donors (Lipinski definition) is 2. The molecule has 27 heavy (non-hydrogen) atoms. The first kappa shape index (κ1) is 19.9. The van der Waals surface area contributed by atoms with Crippen LogP contribution in [-0.2, 0) is 4.79 Å². The van der Waals surface area contributed by atoms with Gasteiger partial charge >= 0.3 is 0 Å². The van der Waals surface area contributed by atoms with Gasteiger partial charge in [-0.3, -0.25) is 9.59 Å². The molecular formula is C21H23N3O3. The Hall–Kier alpha value is -3.41. The second kappa shape index (κ2) is 10.6. The first-order valence-corrected chi connectivity index (χ1v) is 8.65. The largest absolute Gasteiger partial charge is 0.494 e. The number of rotatable bonds is 8. The molecule has 0 saturated heterocycles. The van der Waals surface area contributed by atoms with Crippen molar-refractivity contribution in [1.82, 2.24) is 10.7 Å². The van der Waals surface area contributed by atoms with Gasteiger partial charge in [0.2, 0.25) is 0 Å². The van der Waals surface area contributed by atoms with Crippen LogP contribution in [0.15, 0.2) is 65.3 Å². The predicted molar refractivity (Wildman–Crippen MR) is 107 cm³/mol. The van der Waals surface area contributed by atoms with Crippen molar-refractivity contribution in [2.75, 3.05) is 13.2 Å². The van der Waals surface area contributed by atoms with Crippen LogP contribution in [0.1, 0.15) is 29.8 Å². The molecule has 2 aromatic carbocycles. The quantitative estimate of drug-likeness (QED) is 0.557. The van der Waals surface area contributed by atoms with Crippen LogP contribution >= 0.6 is 0 Å². The summed E-state index contributed by atoms with van der Waals surface area (Å²) in [5.41, 5.74) is 4.78. The molecule has 0 unspecified atom stereocenters. The van der Waals surface area contributed by atoms with Crippen molar-refractivity contribution in [3.8, 4) is 5.75 Å². The van der Waals surface area contributed by atoms with Crippen molar-refractivity contribution >= 4 is 24.1 Å². The first-order valence-electron chi connectivity index (χ1n) is 8.65. The van der Waals surface area contributed by atoms with Gasteiger partial charge in [-0.05, 0) is 49.2 Å². The van der Waals surface area contributed by atoms with Gasteiger partial charge in [-0.15, -0.1) is 0 Å². The van der Waals surface area contributed by atoms with Gasteiger partial charge < -0.3 is 10.1 Å². The Labute approximate surface area is 158 Å². The van der Waals surface area contributed by atoms with Crippen LogP contribution in [0, 0.1) is 0 Å². The fourth-order valence-corrected chi connectivity index (χ4v) is 2.23. The highest BCUT2D eigenvalue weighted by Gasteiger charge is 2.07. The molecule has 0 aliphatic carbocycles. The van der Waals surface area contributed by atoms with E-state index in [0.717, 1.165) is 11.1 Å². The number of benzene rings is 2. The average molecular weight is 365 g/mol. The van der Waals surface area contributed by atoms with E-state index in [-0.39, 0.29) is 12.5 Å². The minimum Gasteiger partial charge on any atom is -0.494 e. The van der Waals surface area contributed by atoms with E-state index in [0.29, 0.717) is 17.9 Å². The molecule has 2 aromatic rings. The summed E-state index contributed by atoms with van der Waals surface area (Å²) < 4.78 is 5.32. The monoisotopic (exact) mass is 365 g/mol. The Morgan fingerprint density at radius 2 is 1.78 bits per heavy atom. The Morgan fingerprint density at radius 1 is 1.07 bits per heavy atom. The smallest absolute Gasteiger partial charge is 0.259 e. The molecular weight excluding hydrogens is 342 g/mol. The molecule has 0 aromatic heterocycles. The van der Waals surface area contributed by atoms with Crippen molar-refractivity contribution in [3.63, 3.8) is 0 Å². The van der Waals surface area contributed by atoms with Crippen molar-refractivity contribution in [2.45, 2.75) is 13.8 Å². The zero-order chi connectivity index (χ0) is 19.5. The van der Waals surface area contributed by atoms with Crippen LogP contribution in [0.4, 0.5) is 0 Å². The zero-order valence-electron chi connectivity index (χ0n) is 15.4. The molecule has 0 fully saturated rings. The van der Waals surface area contributed by atoms with E-state index in [2.05, 4.69) is 15.8 Å². The summed E-state index contributed by atoms with van der Waals surface area (Å²) in [5.74, 6) is -0.0459. The van der Waals surface area contributed by atoms with Gasteiger partial charge in [0.25, 0.3) is 11.8 Å². The van der Waals surface area contributed by atoms with Crippen LogP contribution in [0.25, 0.3) is 6.08 Å². The number of hydrazone groups is 1. The maximum atomic E-state index is 12.0. The minimum atomic E-state index is -0.405. The highest BCUT2D eigenvalue weighted by molar-refractivity contribution is 5.96. The molecule has 0 radical (unpaired) electrons. The highest BCUT2D eigenvalue weighted by atomic mass is 16.5.